The zero-order valence-corrected chi connectivity index (χ0v) is 14.4. The predicted molar refractivity (Wildman–Crippen MR) is 91.6 cm³/mol. The molecule has 1 fully saturated rings. The minimum atomic E-state index is -3.44. The molecule has 22 heavy (non-hydrogen) atoms. The molecule has 0 saturated carbocycles. The Morgan fingerprint density at radius 2 is 1.68 bits per heavy atom. The first-order valence-corrected chi connectivity index (χ1v) is 9.59. The maximum atomic E-state index is 12.5. The summed E-state index contributed by atoms with van der Waals surface area (Å²) < 4.78 is 26.5. The fourth-order valence-corrected chi connectivity index (χ4v) is 4.50. The van der Waals surface area contributed by atoms with E-state index < -0.39 is 10.0 Å². The Morgan fingerprint density at radius 3 is 2.18 bits per heavy atom. The Hall–Kier alpha value is -1.27. The summed E-state index contributed by atoms with van der Waals surface area (Å²) in [5.74, 6) is 0. The number of rotatable bonds is 5. The average molecular weight is 325 g/mol. The third kappa shape index (κ3) is 3.55. The minimum Gasteiger partial charge on any atom is -0.397 e. The highest BCUT2D eigenvalue weighted by atomic mass is 32.2. The van der Waals surface area contributed by atoms with Crippen molar-refractivity contribution in [2.24, 2.45) is 0 Å². The summed E-state index contributed by atoms with van der Waals surface area (Å²) in [5.41, 5.74) is 7.67. The number of sulfonamides is 1. The summed E-state index contributed by atoms with van der Waals surface area (Å²) >= 11 is 0. The maximum absolute atomic E-state index is 12.5. The summed E-state index contributed by atoms with van der Waals surface area (Å²) in [6, 6.07) is 5.15. The van der Waals surface area contributed by atoms with Gasteiger partial charge in [-0.1, -0.05) is 26.7 Å². The van der Waals surface area contributed by atoms with Gasteiger partial charge in [-0.3, -0.25) is 0 Å². The Morgan fingerprint density at radius 1 is 1.09 bits per heavy atom. The quantitative estimate of drug-likeness (QED) is 0.845. The topological polar surface area (TPSA) is 66.6 Å². The van der Waals surface area contributed by atoms with Crippen molar-refractivity contribution in [2.75, 3.05) is 36.8 Å². The summed E-state index contributed by atoms with van der Waals surface area (Å²) in [6.07, 6.45) is 4.84. The van der Waals surface area contributed by atoms with Crippen molar-refractivity contribution in [3.63, 3.8) is 0 Å². The largest absolute Gasteiger partial charge is 0.397 e. The number of anilines is 2. The van der Waals surface area contributed by atoms with Crippen molar-refractivity contribution in [3.8, 4) is 0 Å². The van der Waals surface area contributed by atoms with Gasteiger partial charge in [0.25, 0.3) is 0 Å². The zero-order valence-electron chi connectivity index (χ0n) is 13.6. The van der Waals surface area contributed by atoms with E-state index in [1.165, 1.54) is 30.0 Å². The number of nitrogens with two attached hydrogens (primary N) is 1. The van der Waals surface area contributed by atoms with Crippen LogP contribution in [-0.2, 0) is 10.0 Å². The fourth-order valence-electron chi connectivity index (χ4n) is 3.01. The third-order valence-electron chi connectivity index (χ3n) is 4.29. The van der Waals surface area contributed by atoms with Gasteiger partial charge in [0.2, 0.25) is 10.0 Å². The van der Waals surface area contributed by atoms with Gasteiger partial charge < -0.3 is 10.6 Å². The first-order chi connectivity index (χ1) is 10.5. The standard InChI is InChI=1S/C16H27N3O2S/c1-3-19(4-2)22(20,21)14-9-10-16(15(17)13-14)18-11-7-5-6-8-12-18/h9-10,13H,3-8,11-12,17H2,1-2H3. The van der Waals surface area contributed by atoms with Crippen LogP contribution in [0.3, 0.4) is 0 Å². The number of nitrogens with zero attached hydrogens (tertiary/aromatic N) is 2. The maximum Gasteiger partial charge on any atom is 0.243 e. The van der Waals surface area contributed by atoms with Crippen molar-refractivity contribution in [1.82, 2.24) is 4.31 Å². The van der Waals surface area contributed by atoms with E-state index in [9.17, 15) is 8.42 Å². The average Bonchev–Trinajstić information content (AvgIpc) is 2.77. The molecule has 1 aromatic carbocycles. The molecule has 5 nitrogen and oxygen atoms in total. The van der Waals surface area contributed by atoms with Gasteiger partial charge in [-0.05, 0) is 31.0 Å². The Labute approximate surface area is 134 Å². The fraction of sp³-hybridized carbons (Fsp3) is 0.625. The number of hydrogen-bond acceptors (Lipinski definition) is 4. The lowest BCUT2D eigenvalue weighted by Gasteiger charge is -2.25. The van der Waals surface area contributed by atoms with E-state index in [0.717, 1.165) is 18.8 Å². The van der Waals surface area contributed by atoms with Crippen LogP contribution < -0.4 is 10.6 Å². The van der Waals surface area contributed by atoms with Crippen LogP contribution in [0.15, 0.2) is 23.1 Å². The molecule has 1 heterocycles. The zero-order chi connectivity index (χ0) is 16.2. The molecule has 1 aromatic rings. The summed E-state index contributed by atoms with van der Waals surface area (Å²) in [7, 11) is -3.44. The van der Waals surface area contributed by atoms with E-state index in [1.807, 2.05) is 19.9 Å². The van der Waals surface area contributed by atoms with Crippen molar-refractivity contribution in [2.45, 2.75) is 44.4 Å². The SMILES string of the molecule is CCN(CC)S(=O)(=O)c1ccc(N2CCCCCC2)c(N)c1. The van der Waals surface area contributed by atoms with E-state index in [1.54, 1.807) is 12.1 Å². The lowest BCUT2D eigenvalue weighted by atomic mass is 10.2. The van der Waals surface area contributed by atoms with Crippen LogP contribution in [0, 0.1) is 0 Å². The molecule has 1 aliphatic rings. The second-order valence-electron chi connectivity index (χ2n) is 5.71. The van der Waals surface area contributed by atoms with Crippen LogP contribution in [-0.4, -0.2) is 38.9 Å². The van der Waals surface area contributed by atoms with Crippen LogP contribution in [0.5, 0.6) is 0 Å². The van der Waals surface area contributed by atoms with Crippen molar-refractivity contribution in [3.05, 3.63) is 18.2 Å². The van der Waals surface area contributed by atoms with Crippen LogP contribution in [0.1, 0.15) is 39.5 Å². The molecule has 0 spiro atoms. The van der Waals surface area contributed by atoms with Crippen LogP contribution in [0.2, 0.25) is 0 Å². The molecule has 0 radical (unpaired) electrons. The summed E-state index contributed by atoms with van der Waals surface area (Å²) in [5, 5.41) is 0. The van der Waals surface area contributed by atoms with Crippen molar-refractivity contribution >= 4 is 21.4 Å². The van der Waals surface area contributed by atoms with Crippen LogP contribution >= 0.6 is 0 Å². The van der Waals surface area contributed by atoms with Crippen LogP contribution in [0.25, 0.3) is 0 Å². The highest BCUT2D eigenvalue weighted by Crippen LogP contribution is 2.29. The number of hydrogen-bond donors (Lipinski definition) is 1. The lowest BCUT2D eigenvalue weighted by Crippen LogP contribution is -2.31. The van der Waals surface area contributed by atoms with Crippen molar-refractivity contribution < 1.29 is 8.42 Å². The second-order valence-corrected chi connectivity index (χ2v) is 7.65. The minimum absolute atomic E-state index is 0.285. The van der Waals surface area contributed by atoms with Gasteiger partial charge in [-0.15, -0.1) is 0 Å². The normalized spacial score (nSPS) is 16.8. The van der Waals surface area contributed by atoms with Gasteiger partial charge in [-0.25, -0.2) is 8.42 Å². The second kappa shape index (κ2) is 7.33. The van der Waals surface area contributed by atoms with E-state index in [-0.39, 0.29) is 4.90 Å². The smallest absolute Gasteiger partial charge is 0.243 e. The van der Waals surface area contributed by atoms with Gasteiger partial charge in [0.15, 0.2) is 0 Å². The monoisotopic (exact) mass is 325 g/mol. The van der Waals surface area contributed by atoms with Crippen molar-refractivity contribution in [1.29, 1.82) is 0 Å². The molecule has 0 aliphatic carbocycles. The first-order valence-electron chi connectivity index (χ1n) is 8.15. The summed E-state index contributed by atoms with van der Waals surface area (Å²) in [6.45, 7) is 6.60. The molecule has 2 rings (SSSR count). The highest BCUT2D eigenvalue weighted by Gasteiger charge is 2.23. The van der Waals surface area contributed by atoms with Gasteiger partial charge in [0.1, 0.15) is 0 Å². The summed E-state index contributed by atoms with van der Waals surface area (Å²) in [4.78, 5) is 2.56. The molecule has 0 bridgehead atoms. The molecule has 0 atom stereocenters. The lowest BCUT2D eigenvalue weighted by molar-refractivity contribution is 0.445. The first kappa shape index (κ1) is 17.1. The molecule has 0 aromatic heterocycles. The van der Waals surface area contributed by atoms with Gasteiger partial charge >= 0.3 is 0 Å². The molecular formula is C16H27N3O2S. The Bertz CT molecular complexity index is 589. The van der Waals surface area contributed by atoms with Gasteiger partial charge in [0.05, 0.1) is 16.3 Å². The Balaban J connectivity index is 2.29. The third-order valence-corrected chi connectivity index (χ3v) is 6.33. The van der Waals surface area contributed by atoms with E-state index in [2.05, 4.69) is 4.90 Å². The predicted octanol–water partition coefficient (Wildman–Crippen LogP) is 2.68. The molecule has 0 amide bonds. The molecule has 124 valence electrons. The number of benzene rings is 1. The molecule has 1 saturated heterocycles. The molecule has 1 aliphatic heterocycles. The Kier molecular flexibility index (Phi) is 5.69. The van der Waals surface area contributed by atoms with Gasteiger partial charge in [-0.2, -0.15) is 4.31 Å². The highest BCUT2D eigenvalue weighted by molar-refractivity contribution is 7.89. The van der Waals surface area contributed by atoms with Gasteiger partial charge in [0, 0.05) is 26.2 Å². The molecule has 2 N–H and O–H groups in total. The molecule has 0 unspecified atom stereocenters. The van der Waals surface area contributed by atoms with E-state index in [4.69, 9.17) is 5.73 Å². The molecular weight excluding hydrogens is 298 g/mol. The van der Waals surface area contributed by atoms with E-state index in [0.29, 0.717) is 18.8 Å². The van der Waals surface area contributed by atoms with E-state index >= 15 is 0 Å². The number of nitrogen functional groups attached to an aromatic ring is 1. The van der Waals surface area contributed by atoms with Crippen LogP contribution in [0.4, 0.5) is 11.4 Å². The molecule has 6 heteroatoms.